The minimum Gasteiger partial charge on any atom is -0.444 e. The quantitative estimate of drug-likeness (QED) is 0.690. The molecule has 9 heteroatoms. The molecule has 0 radical (unpaired) electrons. The maximum absolute atomic E-state index is 13.2. The number of likely N-dealkylation sites (tertiary alicyclic amines) is 1. The first-order chi connectivity index (χ1) is 15.7. The largest absolute Gasteiger partial charge is 0.444 e. The molecule has 176 valence electrons. The van der Waals surface area contributed by atoms with Crippen molar-refractivity contribution in [2.24, 2.45) is 5.92 Å². The normalized spacial score (nSPS) is 22.8. The molecular weight excluding hydrogens is 438 g/mol. The molecule has 0 aromatic carbocycles. The Morgan fingerprint density at radius 3 is 2.82 bits per heavy atom. The van der Waals surface area contributed by atoms with E-state index in [9.17, 15) is 14.9 Å². The molecular formula is C24H31N5O3S. The SMILES string of the molecule is CCn1cc(-c2ccc(C[C@@H](C#N)NC(=O)[C@@H]3[C@H]4CC[C@H](C4)N3C(=O)OC(C)(C)C)s2)cn1. The van der Waals surface area contributed by atoms with Gasteiger partial charge in [-0.25, -0.2) is 4.79 Å². The Labute approximate surface area is 198 Å². The number of piperidine rings is 1. The number of carbonyl (C=O) groups excluding carboxylic acids is 2. The molecule has 1 aliphatic carbocycles. The number of ether oxygens (including phenoxy) is 1. The van der Waals surface area contributed by atoms with Gasteiger partial charge in [0.05, 0.1) is 12.3 Å². The van der Waals surface area contributed by atoms with Gasteiger partial charge >= 0.3 is 6.09 Å². The summed E-state index contributed by atoms with van der Waals surface area (Å²) in [6, 6.07) is 5.02. The maximum atomic E-state index is 13.2. The molecule has 33 heavy (non-hydrogen) atoms. The van der Waals surface area contributed by atoms with Crippen LogP contribution in [0.2, 0.25) is 0 Å². The van der Waals surface area contributed by atoms with Gasteiger partial charge < -0.3 is 10.1 Å². The van der Waals surface area contributed by atoms with E-state index in [0.717, 1.165) is 41.1 Å². The smallest absolute Gasteiger partial charge is 0.411 e. The fourth-order valence-corrected chi connectivity index (χ4v) is 5.82. The molecule has 2 amide bonds. The molecule has 4 atom stereocenters. The van der Waals surface area contributed by atoms with Crippen LogP contribution in [0.25, 0.3) is 10.4 Å². The molecule has 2 bridgehead atoms. The first kappa shape index (κ1) is 23.3. The molecule has 8 nitrogen and oxygen atoms in total. The van der Waals surface area contributed by atoms with Crippen molar-refractivity contribution in [3.05, 3.63) is 29.4 Å². The van der Waals surface area contributed by atoms with Gasteiger partial charge in [0.15, 0.2) is 0 Å². The van der Waals surface area contributed by atoms with E-state index in [1.807, 2.05) is 56.9 Å². The van der Waals surface area contributed by atoms with Crippen molar-refractivity contribution in [3.63, 3.8) is 0 Å². The summed E-state index contributed by atoms with van der Waals surface area (Å²) in [5.74, 6) is -0.147. The Hall–Kier alpha value is -2.86. The number of carbonyl (C=O) groups is 2. The van der Waals surface area contributed by atoms with Crippen LogP contribution in [-0.4, -0.2) is 50.4 Å². The Morgan fingerprint density at radius 2 is 2.15 bits per heavy atom. The van der Waals surface area contributed by atoms with Crippen molar-refractivity contribution < 1.29 is 14.3 Å². The van der Waals surface area contributed by atoms with Crippen molar-refractivity contribution in [3.8, 4) is 16.5 Å². The zero-order chi connectivity index (χ0) is 23.8. The van der Waals surface area contributed by atoms with E-state index in [1.54, 1.807) is 16.2 Å². The molecule has 3 heterocycles. The first-order valence-corrected chi connectivity index (χ1v) is 12.3. The summed E-state index contributed by atoms with van der Waals surface area (Å²) in [5.41, 5.74) is 0.417. The summed E-state index contributed by atoms with van der Waals surface area (Å²) in [5, 5.41) is 16.9. The van der Waals surface area contributed by atoms with Crippen LogP contribution in [0.3, 0.4) is 0 Å². The molecule has 1 saturated carbocycles. The molecule has 4 rings (SSSR count). The molecule has 1 saturated heterocycles. The zero-order valence-electron chi connectivity index (χ0n) is 19.6. The van der Waals surface area contributed by atoms with Crippen LogP contribution in [0, 0.1) is 17.2 Å². The highest BCUT2D eigenvalue weighted by Gasteiger charge is 2.52. The van der Waals surface area contributed by atoms with Gasteiger partial charge in [-0.15, -0.1) is 11.3 Å². The van der Waals surface area contributed by atoms with Crippen LogP contribution >= 0.6 is 11.3 Å². The van der Waals surface area contributed by atoms with E-state index in [-0.39, 0.29) is 17.9 Å². The number of thiophene rings is 1. The lowest BCUT2D eigenvalue weighted by Gasteiger charge is -2.35. The standard InChI is InChI=1S/C24H31N5O3S/c1-5-28-14-16(13-26-28)20-9-8-19(33-20)11-17(12-25)27-22(30)21-15-6-7-18(10-15)29(21)23(31)32-24(2,3)4/h8-9,13-15,17-18,21H,5-7,10-11H2,1-4H3,(H,27,30)/t15-,17-,18+,21-/m0/s1. The van der Waals surface area contributed by atoms with Crippen LogP contribution in [0.15, 0.2) is 24.5 Å². The number of amides is 2. The van der Waals surface area contributed by atoms with E-state index in [1.165, 1.54) is 0 Å². The maximum Gasteiger partial charge on any atom is 0.411 e. The topological polar surface area (TPSA) is 100 Å². The van der Waals surface area contributed by atoms with Crippen molar-refractivity contribution >= 4 is 23.3 Å². The summed E-state index contributed by atoms with van der Waals surface area (Å²) in [7, 11) is 0. The highest BCUT2D eigenvalue weighted by molar-refractivity contribution is 7.15. The third-order valence-corrected chi connectivity index (χ3v) is 7.40. The van der Waals surface area contributed by atoms with Gasteiger partial charge in [0, 0.05) is 40.5 Å². The molecule has 2 aromatic heterocycles. The lowest BCUT2D eigenvalue weighted by molar-refractivity contribution is -0.128. The van der Waals surface area contributed by atoms with E-state index >= 15 is 0 Å². The number of aryl methyl sites for hydroxylation is 1. The molecule has 2 fully saturated rings. The number of rotatable bonds is 6. The second kappa shape index (κ2) is 9.18. The van der Waals surface area contributed by atoms with Crippen LogP contribution in [0.5, 0.6) is 0 Å². The number of hydrogen-bond donors (Lipinski definition) is 1. The predicted octanol–water partition coefficient (Wildman–Crippen LogP) is 3.97. The average Bonchev–Trinajstić information content (AvgIpc) is 3.54. The molecule has 2 aromatic rings. The number of aromatic nitrogens is 2. The van der Waals surface area contributed by atoms with Gasteiger partial charge in [0.2, 0.25) is 5.91 Å². The zero-order valence-corrected chi connectivity index (χ0v) is 20.4. The van der Waals surface area contributed by atoms with Gasteiger partial charge in [-0.1, -0.05) is 0 Å². The predicted molar refractivity (Wildman–Crippen MR) is 125 cm³/mol. The van der Waals surface area contributed by atoms with Gasteiger partial charge in [0.1, 0.15) is 17.7 Å². The number of nitrogens with one attached hydrogen (secondary N) is 1. The lowest BCUT2D eigenvalue weighted by Crippen LogP contribution is -2.55. The van der Waals surface area contributed by atoms with Gasteiger partial charge in [-0.3, -0.25) is 14.4 Å². The minimum absolute atomic E-state index is 0.0324. The summed E-state index contributed by atoms with van der Waals surface area (Å²) < 4.78 is 7.45. The fourth-order valence-electron chi connectivity index (χ4n) is 4.80. The summed E-state index contributed by atoms with van der Waals surface area (Å²) in [6.45, 7) is 8.31. The summed E-state index contributed by atoms with van der Waals surface area (Å²) >= 11 is 1.60. The number of fused-ring (bicyclic) bond motifs is 2. The number of nitriles is 1. The van der Waals surface area contributed by atoms with Crippen LogP contribution in [0.4, 0.5) is 4.79 Å². The van der Waals surface area contributed by atoms with Crippen LogP contribution in [0.1, 0.15) is 51.8 Å². The molecule has 0 unspecified atom stereocenters. The molecule has 1 N–H and O–H groups in total. The van der Waals surface area contributed by atoms with Gasteiger partial charge in [-0.2, -0.15) is 10.4 Å². The molecule has 1 aliphatic heterocycles. The highest BCUT2D eigenvalue weighted by Crippen LogP contribution is 2.43. The highest BCUT2D eigenvalue weighted by atomic mass is 32.1. The Balaban J connectivity index is 1.42. The van der Waals surface area contributed by atoms with Gasteiger partial charge in [-0.05, 0) is 65.0 Å². The summed E-state index contributed by atoms with van der Waals surface area (Å²) in [4.78, 5) is 29.7. The lowest BCUT2D eigenvalue weighted by atomic mass is 9.97. The number of hydrogen-bond acceptors (Lipinski definition) is 6. The summed E-state index contributed by atoms with van der Waals surface area (Å²) in [6.07, 6.45) is 6.43. The fraction of sp³-hybridized carbons (Fsp3) is 0.583. The van der Waals surface area contributed by atoms with Crippen LogP contribution < -0.4 is 5.32 Å². The second-order valence-electron chi connectivity index (χ2n) is 9.80. The van der Waals surface area contributed by atoms with E-state index in [0.29, 0.717) is 6.42 Å². The van der Waals surface area contributed by atoms with E-state index in [4.69, 9.17) is 4.74 Å². The first-order valence-electron chi connectivity index (χ1n) is 11.5. The van der Waals surface area contributed by atoms with Crippen molar-refractivity contribution in [1.29, 1.82) is 5.26 Å². The molecule has 2 aliphatic rings. The minimum atomic E-state index is -0.665. The van der Waals surface area contributed by atoms with Crippen molar-refractivity contribution in [2.75, 3.05) is 0 Å². The monoisotopic (exact) mass is 469 g/mol. The Bertz CT molecular complexity index is 1060. The Kier molecular flexibility index (Phi) is 6.48. The van der Waals surface area contributed by atoms with Crippen LogP contribution in [-0.2, 0) is 22.5 Å². The number of nitrogens with zero attached hydrogens (tertiary/aromatic N) is 4. The average molecular weight is 470 g/mol. The molecule has 0 spiro atoms. The van der Waals surface area contributed by atoms with E-state index < -0.39 is 23.8 Å². The third-order valence-electron chi connectivity index (χ3n) is 6.24. The van der Waals surface area contributed by atoms with Crippen molar-refractivity contribution in [1.82, 2.24) is 20.0 Å². The third kappa shape index (κ3) is 5.06. The van der Waals surface area contributed by atoms with Crippen molar-refractivity contribution in [2.45, 2.75) is 83.6 Å². The second-order valence-corrected chi connectivity index (χ2v) is 11.0. The Morgan fingerprint density at radius 1 is 1.36 bits per heavy atom. The van der Waals surface area contributed by atoms with Gasteiger partial charge in [0.25, 0.3) is 0 Å². The van der Waals surface area contributed by atoms with E-state index in [2.05, 4.69) is 16.5 Å².